The highest BCUT2D eigenvalue weighted by molar-refractivity contribution is 7.16. The minimum Gasteiger partial charge on any atom is -0.508 e. The van der Waals surface area contributed by atoms with Crippen LogP contribution in [0.4, 0.5) is 0 Å². The van der Waals surface area contributed by atoms with Crippen molar-refractivity contribution < 1.29 is 5.11 Å². The molecule has 0 fully saturated rings. The van der Waals surface area contributed by atoms with E-state index >= 15 is 0 Å². The number of benzene rings is 2. The molecule has 1 aromatic heterocycles. The van der Waals surface area contributed by atoms with Crippen molar-refractivity contribution in [2.45, 2.75) is 0 Å². The molecular formula is C15H13N3OS. The summed E-state index contributed by atoms with van der Waals surface area (Å²) in [6.45, 7) is 0. The van der Waals surface area contributed by atoms with Crippen LogP contribution < -0.4 is 4.80 Å². The van der Waals surface area contributed by atoms with Crippen molar-refractivity contribution in [2.24, 2.45) is 17.3 Å². The maximum atomic E-state index is 9.21. The minimum absolute atomic E-state index is 0.245. The highest BCUT2D eigenvalue weighted by atomic mass is 32.1. The van der Waals surface area contributed by atoms with Gasteiger partial charge in [0, 0.05) is 7.05 Å². The average Bonchev–Trinajstić information content (AvgIpc) is 2.78. The van der Waals surface area contributed by atoms with Crippen molar-refractivity contribution in [3.63, 3.8) is 0 Å². The Balaban J connectivity index is 1.94. The van der Waals surface area contributed by atoms with Crippen LogP contribution in [0.5, 0.6) is 5.75 Å². The summed E-state index contributed by atoms with van der Waals surface area (Å²) in [6.07, 6.45) is 1.67. The molecule has 0 aliphatic rings. The molecule has 3 rings (SSSR count). The van der Waals surface area contributed by atoms with Crippen LogP contribution in [0.1, 0.15) is 5.56 Å². The highest BCUT2D eigenvalue weighted by Gasteiger charge is 2.00. The number of nitrogens with zero attached hydrogens (tertiary/aromatic N) is 3. The number of phenols is 1. The van der Waals surface area contributed by atoms with Gasteiger partial charge in [0.2, 0.25) is 4.80 Å². The molecule has 5 heteroatoms. The number of fused-ring (bicyclic) bond motifs is 1. The van der Waals surface area contributed by atoms with Crippen molar-refractivity contribution in [3.8, 4) is 5.75 Å². The number of para-hydroxylation sites is 1. The first-order chi connectivity index (χ1) is 9.74. The lowest BCUT2D eigenvalue weighted by Gasteiger charge is -1.93. The second-order valence-corrected chi connectivity index (χ2v) is 5.36. The molecule has 0 aliphatic carbocycles. The molecule has 1 heterocycles. The molecule has 0 saturated heterocycles. The van der Waals surface area contributed by atoms with Gasteiger partial charge in [0.25, 0.3) is 0 Å². The van der Waals surface area contributed by atoms with Crippen LogP contribution in [0.3, 0.4) is 0 Å². The minimum atomic E-state index is 0.245. The summed E-state index contributed by atoms with van der Waals surface area (Å²) < 4.78 is 3.21. The maximum Gasteiger partial charge on any atom is 0.211 e. The molecular weight excluding hydrogens is 270 g/mol. The Kier molecular flexibility index (Phi) is 3.35. The largest absolute Gasteiger partial charge is 0.508 e. The molecule has 3 aromatic rings. The lowest BCUT2D eigenvalue weighted by atomic mass is 10.2. The summed E-state index contributed by atoms with van der Waals surface area (Å²) in [5.41, 5.74) is 2.05. The number of rotatable bonds is 2. The third kappa shape index (κ3) is 2.48. The average molecular weight is 283 g/mol. The summed E-state index contributed by atoms with van der Waals surface area (Å²) in [7, 11) is 1.98. The number of aromatic hydroxyl groups is 1. The molecule has 100 valence electrons. The van der Waals surface area contributed by atoms with E-state index in [1.807, 2.05) is 23.7 Å². The molecule has 4 nitrogen and oxygen atoms in total. The Labute approximate surface area is 120 Å². The molecule has 0 unspecified atom stereocenters. The van der Waals surface area contributed by atoms with E-state index in [2.05, 4.69) is 22.3 Å². The van der Waals surface area contributed by atoms with Gasteiger partial charge in [-0.3, -0.25) is 0 Å². The molecule has 0 bridgehead atoms. The molecule has 2 aromatic carbocycles. The van der Waals surface area contributed by atoms with Gasteiger partial charge in [0.15, 0.2) is 0 Å². The first kappa shape index (κ1) is 12.6. The number of aromatic nitrogens is 1. The molecule has 0 amide bonds. The van der Waals surface area contributed by atoms with Crippen LogP contribution in [0, 0.1) is 0 Å². The number of phenolic OH excluding ortho intramolecular Hbond substituents is 1. The summed E-state index contributed by atoms with van der Waals surface area (Å²) in [6, 6.07) is 15.0. The van der Waals surface area contributed by atoms with E-state index in [9.17, 15) is 5.11 Å². The lowest BCUT2D eigenvalue weighted by Crippen LogP contribution is -2.08. The molecule has 1 N–H and O–H groups in total. The molecule has 20 heavy (non-hydrogen) atoms. The number of aryl methyl sites for hydroxylation is 1. The van der Waals surface area contributed by atoms with Gasteiger partial charge in [-0.25, -0.2) is 0 Å². The van der Waals surface area contributed by atoms with Crippen LogP contribution in [0.2, 0.25) is 0 Å². The molecule has 0 radical (unpaired) electrons. The van der Waals surface area contributed by atoms with E-state index in [1.165, 1.54) is 4.70 Å². The van der Waals surface area contributed by atoms with Gasteiger partial charge in [-0.15, -0.1) is 5.10 Å². The predicted molar refractivity (Wildman–Crippen MR) is 82.1 cm³/mol. The first-order valence-corrected chi connectivity index (χ1v) is 6.96. The van der Waals surface area contributed by atoms with Gasteiger partial charge in [-0.2, -0.15) is 5.10 Å². The van der Waals surface area contributed by atoms with E-state index in [1.54, 1.807) is 41.8 Å². The Hall–Kier alpha value is -2.40. The van der Waals surface area contributed by atoms with Gasteiger partial charge in [-0.1, -0.05) is 23.5 Å². The predicted octanol–water partition coefficient (Wildman–Crippen LogP) is 2.88. The van der Waals surface area contributed by atoms with Gasteiger partial charge in [0.1, 0.15) is 5.75 Å². The van der Waals surface area contributed by atoms with Crippen LogP contribution in [-0.4, -0.2) is 15.9 Å². The number of hydrogen-bond acceptors (Lipinski definition) is 4. The fourth-order valence-corrected chi connectivity index (χ4v) is 2.86. The van der Waals surface area contributed by atoms with Crippen LogP contribution in [-0.2, 0) is 7.05 Å². The summed E-state index contributed by atoms with van der Waals surface area (Å²) >= 11 is 1.60. The smallest absolute Gasteiger partial charge is 0.211 e. The van der Waals surface area contributed by atoms with Crippen LogP contribution in [0.25, 0.3) is 10.2 Å². The van der Waals surface area contributed by atoms with Gasteiger partial charge in [-0.05, 0) is 42.0 Å². The SMILES string of the molecule is Cn1/c(=N\N=C/c2ccc(O)cc2)sc2ccccc21. The van der Waals surface area contributed by atoms with E-state index in [0.717, 1.165) is 15.9 Å². The van der Waals surface area contributed by atoms with Gasteiger partial charge >= 0.3 is 0 Å². The zero-order valence-corrected chi connectivity index (χ0v) is 11.7. The van der Waals surface area contributed by atoms with Crippen molar-refractivity contribution in [1.29, 1.82) is 0 Å². The molecule has 0 saturated carbocycles. The Morgan fingerprint density at radius 3 is 2.60 bits per heavy atom. The molecule has 0 spiro atoms. The van der Waals surface area contributed by atoms with Gasteiger partial charge < -0.3 is 9.67 Å². The van der Waals surface area contributed by atoms with Crippen molar-refractivity contribution in [2.75, 3.05) is 0 Å². The fraction of sp³-hybridized carbons (Fsp3) is 0.0667. The second kappa shape index (κ2) is 5.30. The maximum absolute atomic E-state index is 9.21. The van der Waals surface area contributed by atoms with E-state index in [4.69, 9.17) is 0 Å². The van der Waals surface area contributed by atoms with E-state index < -0.39 is 0 Å². The van der Waals surface area contributed by atoms with Crippen LogP contribution in [0.15, 0.2) is 58.7 Å². The standard InChI is InChI=1S/C15H13N3OS/c1-18-13-4-2-3-5-14(13)20-15(18)17-16-10-11-6-8-12(19)9-7-11/h2-10,19H,1H3/b16-10-,17-15+. The first-order valence-electron chi connectivity index (χ1n) is 6.15. The molecule has 0 atom stereocenters. The number of hydrogen-bond donors (Lipinski definition) is 1. The topological polar surface area (TPSA) is 49.9 Å². The summed E-state index contributed by atoms with van der Waals surface area (Å²) in [4.78, 5) is 0.848. The summed E-state index contributed by atoms with van der Waals surface area (Å²) in [5, 5.41) is 17.6. The lowest BCUT2D eigenvalue weighted by molar-refractivity contribution is 0.475. The quantitative estimate of drug-likeness (QED) is 0.570. The van der Waals surface area contributed by atoms with Crippen molar-refractivity contribution in [1.82, 2.24) is 4.57 Å². The Morgan fingerprint density at radius 1 is 1.10 bits per heavy atom. The fourth-order valence-electron chi connectivity index (χ4n) is 1.88. The third-order valence-electron chi connectivity index (χ3n) is 2.96. The zero-order valence-electron chi connectivity index (χ0n) is 10.9. The van der Waals surface area contributed by atoms with Gasteiger partial charge in [0.05, 0.1) is 16.4 Å². The zero-order chi connectivity index (χ0) is 13.9. The van der Waals surface area contributed by atoms with E-state index in [0.29, 0.717) is 0 Å². The normalized spacial score (nSPS) is 12.6. The van der Waals surface area contributed by atoms with E-state index in [-0.39, 0.29) is 5.75 Å². The van der Waals surface area contributed by atoms with Crippen LogP contribution >= 0.6 is 11.3 Å². The Bertz CT molecular complexity index is 828. The number of thiazole rings is 1. The van der Waals surface area contributed by atoms with Crippen molar-refractivity contribution >= 4 is 27.8 Å². The summed E-state index contributed by atoms with van der Waals surface area (Å²) in [5.74, 6) is 0.245. The molecule has 0 aliphatic heterocycles. The Morgan fingerprint density at radius 2 is 1.85 bits per heavy atom. The highest BCUT2D eigenvalue weighted by Crippen LogP contribution is 2.15. The van der Waals surface area contributed by atoms with Crippen molar-refractivity contribution in [3.05, 3.63) is 58.9 Å². The monoisotopic (exact) mass is 283 g/mol. The third-order valence-corrected chi connectivity index (χ3v) is 4.06. The second-order valence-electron chi connectivity index (χ2n) is 4.35.